The average molecular weight is 363 g/mol. The van der Waals surface area contributed by atoms with Crippen molar-refractivity contribution in [2.75, 3.05) is 19.0 Å². The van der Waals surface area contributed by atoms with E-state index >= 15 is 0 Å². The third kappa shape index (κ3) is 3.89. The fourth-order valence-corrected chi connectivity index (χ4v) is 2.71. The fourth-order valence-electron chi connectivity index (χ4n) is 2.71. The van der Waals surface area contributed by atoms with Gasteiger partial charge in [0.1, 0.15) is 16.9 Å². The van der Waals surface area contributed by atoms with Crippen molar-refractivity contribution >= 4 is 45.9 Å². The number of para-hydroxylation sites is 1. The second-order valence-electron chi connectivity index (χ2n) is 5.81. The van der Waals surface area contributed by atoms with Crippen LogP contribution in [0.3, 0.4) is 0 Å². The summed E-state index contributed by atoms with van der Waals surface area (Å²) in [6.45, 7) is 4.71. The molecule has 3 aromatic rings. The van der Waals surface area contributed by atoms with E-state index in [9.17, 15) is 4.79 Å². The zero-order chi connectivity index (χ0) is 17.1. The number of hydrogen-bond acceptors (Lipinski definition) is 4. The van der Waals surface area contributed by atoms with Crippen molar-refractivity contribution in [1.82, 2.24) is 5.32 Å². The molecule has 2 N–H and O–H groups in total. The van der Waals surface area contributed by atoms with Crippen LogP contribution in [0.5, 0.6) is 5.75 Å². The van der Waals surface area contributed by atoms with E-state index in [-0.39, 0.29) is 24.4 Å². The molecule has 0 fully saturated rings. The van der Waals surface area contributed by atoms with Gasteiger partial charge < -0.3 is 19.8 Å². The second kappa shape index (κ2) is 8.23. The van der Waals surface area contributed by atoms with Gasteiger partial charge in [0.15, 0.2) is 0 Å². The molecule has 0 aliphatic heterocycles. The SMILES string of the molecule is CCCNC(C)C(=O)Nc1cc2oc3ccccc3c2cc1OC.Cl. The van der Waals surface area contributed by atoms with E-state index in [1.807, 2.05) is 43.3 Å². The third-order valence-corrected chi connectivity index (χ3v) is 4.05. The van der Waals surface area contributed by atoms with Crippen LogP contribution in [0.15, 0.2) is 40.8 Å². The highest BCUT2D eigenvalue weighted by atomic mass is 35.5. The van der Waals surface area contributed by atoms with Crippen LogP contribution in [0.2, 0.25) is 0 Å². The topological polar surface area (TPSA) is 63.5 Å². The molecule has 1 amide bonds. The number of carbonyl (C=O) groups is 1. The Morgan fingerprint density at radius 2 is 1.96 bits per heavy atom. The van der Waals surface area contributed by atoms with Crippen LogP contribution in [0.1, 0.15) is 20.3 Å². The number of furan rings is 1. The fraction of sp³-hybridized carbons (Fsp3) is 0.316. The molecule has 1 aromatic heterocycles. The van der Waals surface area contributed by atoms with E-state index in [1.165, 1.54) is 0 Å². The molecule has 0 aliphatic carbocycles. The summed E-state index contributed by atoms with van der Waals surface area (Å²) in [5.41, 5.74) is 2.15. The lowest BCUT2D eigenvalue weighted by Crippen LogP contribution is -2.38. The molecular formula is C19H23ClN2O3. The number of anilines is 1. The van der Waals surface area contributed by atoms with Gasteiger partial charge in [-0.3, -0.25) is 4.79 Å². The largest absolute Gasteiger partial charge is 0.495 e. The molecule has 3 rings (SSSR count). The number of fused-ring (bicyclic) bond motifs is 3. The molecule has 0 spiro atoms. The zero-order valence-corrected chi connectivity index (χ0v) is 15.4. The monoisotopic (exact) mass is 362 g/mol. The Balaban J connectivity index is 0.00000225. The number of nitrogens with one attached hydrogen (secondary N) is 2. The second-order valence-corrected chi connectivity index (χ2v) is 5.81. The van der Waals surface area contributed by atoms with Gasteiger partial charge in [-0.25, -0.2) is 0 Å². The van der Waals surface area contributed by atoms with Crippen molar-refractivity contribution in [3.63, 3.8) is 0 Å². The van der Waals surface area contributed by atoms with Crippen molar-refractivity contribution in [3.8, 4) is 5.75 Å². The van der Waals surface area contributed by atoms with Crippen LogP contribution in [0, 0.1) is 0 Å². The minimum absolute atomic E-state index is 0. The quantitative estimate of drug-likeness (QED) is 0.684. The number of rotatable bonds is 6. The van der Waals surface area contributed by atoms with Gasteiger partial charge in [-0.15, -0.1) is 12.4 Å². The van der Waals surface area contributed by atoms with Crippen LogP contribution >= 0.6 is 12.4 Å². The summed E-state index contributed by atoms with van der Waals surface area (Å²) in [5, 5.41) is 8.09. The van der Waals surface area contributed by atoms with Gasteiger partial charge in [0, 0.05) is 16.8 Å². The molecule has 0 aliphatic rings. The Labute approximate surface area is 153 Å². The molecule has 0 saturated heterocycles. The predicted molar refractivity (Wildman–Crippen MR) is 104 cm³/mol. The van der Waals surface area contributed by atoms with Crippen LogP contribution in [0.4, 0.5) is 5.69 Å². The zero-order valence-electron chi connectivity index (χ0n) is 14.6. The smallest absolute Gasteiger partial charge is 0.241 e. The molecule has 25 heavy (non-hydrogen) atoms. The van der Waals surface area contributed by atoms with E-state index in [0.29, 0.717) is 11.4 Å². The lowest BCUT2D eigenvalue weighted by atomic mass is 10.1. The standard InChI is InChI=1S/C19H22N2O3.ClH/c1-4-9-20-12(2)19(22)21-15-11-17-14(10-18(15)23-3)13-7-5-6-8-16(13)24-17;/h5-8,10-12,20H,4,9H2,1-3H3,(H,21,22);1H. The summed E-state index contributed by atoms with van der Waals surface area (Å²) in [7, 11) is 1.60. The molecule has 6 heteroatoms. The number of halogens is 1. The third-order valence-electron chi connectivity index (χ3n) is 4.05. The number of benzene rings is 2. The Hall–Kier alpha value is -2.24. The number of amides is 1. The van der Waals surface area contributed by atoms with Crippen molar-refractivity contribution in [2.45, 2.75) is 26.3 Å². The lowest BCUT2D eigenvalue weighted by molar-refractivity contribution is -0.117. The van der Waals surface area contributed by atoms with Gasteiger partial charge in [-0.1, -0.05) is 25.1 Å². The van der Waals surface area contributed by atoms with E-state index in [1.54, 1.807) is 7.11 Å². The average Bonchev–Trinajstić information content (AvgIpc) is 2.96. The lowest BCUT2D eigenvalue weighted by Gasteiger charge is -2.15. The Kier molecular flexibility index (Phi) is 6.28. The van der Waals surface area contributed by atoms with E-state index in [4.69, 9.17) is 9.15 Å². The Bertz CT molecular complexity index is 876. The maximum absolute atomic E-state index is 12.3. The molecule has 5 nitrogen and oxygen atoms in total. The van der Waals surface area contributed by atoms with Gasteiger partial charge >= 0.3 is 0 Å². The van der Waals surface area contributed by atoms with Gasteiger partial charge in [0.05, 0.1) is 18.8 Å². The predicted octanol–water partition coefficient (Wildman–Crippen LogP) is 4.34. The van der Waals surface area contributed by atoms with Crippen molar-refractivity contribution in [1.29, 1.82) is 0 Å². The van der Waals surface area contributed by atoms with Crippen LogP contribution in [-0.4, -0.2) is 25.6 Å². The molecule has 0 saturated carbocycles. The molecule has 134 valence electrons. The minimum atomic E-state index is -0.277. The highest BCUT2D eigenvalue weighted by Gasteiger charge is 2.17. The van der Waals surface area contributed by atoms with E-state index in [2.05, 4.69) is 17.6 Å². The van der Waals surface area contributed by atoms with Crippen LogP contribution in [-0.2, 0) is 4.79 Å². The van der Waals surface area contributed by atoms with Crippen molar-refractivity contribution in [3.05, 3.63) is 36.4 Å². The van der Waals surface area contributed by atoms with Gasteiger partial charge in [-0.05, 0) is 32.0 Å². The highest BCUT2D eigenvalue weighted by Crippen LogP contribution is 2.36. The first-order chi connectivity index (χ1) is 11.6. The Morgan fingerprint density at radius 3 is 2.68 bits per heavy atom. The van der Waals surface area contributed by atoms with Crippen LogP contribution < -0.4 is 15.4 Å². The van der Waals surface area contributed by atoms with E-state index in [0.717, 1.165) is 34.9 Å². The maximum Gasteiger partial charge on any atom is 0.241 e. The summed E-state index contributed by atoms with van der Waals surface area (Å²) >= 11 is 0. The molecule has 0 radical (unpaired) electrons. The molecule has 1 unspecified atom stereocenters. The van der Waals surface area contributed by atoms with Gasteiger partial charge in [0.25, 0.3) is 0 Å². The van der Waals surface area contributed by atoms with E-state index < -0.39 is 0 Å². The molecule has 1 heterocycles. The first-order valence-electron chi connectivity index (χ1n) is 8.17. The molecular weight excluding hydrogens is 340 g/mol. The van der Waals surface area contributed by atoms with Crippen molar-refractivity contribution < 1.29 is 13.9 Å². The summed E-state index contributed by atoms with van der Waals surface area (Å²) in [6.07, 6.45) is 0.978. The molecule has 2 aromatic carbocycles. The first kappa shape index (κ1) is 19.1. The molecule has 1 atom stereocenters. The normalized spacial score (nSPS) is 12.0. The summed E-state index contributed by atoms with van der Waals surface area (Å²) in [5.74, 6) is 0.516. The number of methoxy groups -OCH3 is 1. The minimum Gasteiger partial charge on any atom is -0.495 e. The Morgan fingerprint density at radius 1 is 1.20 bits per heavy atom. The number of ether oxygens (including phenoxy) is 1. The van der Waals surface area contributed by atoms with Gasteiger partial charge in [-0.2, -0.15) is 0 Å². The van der Waals surface area contributed by atoms with Crippen molar-refractivity contribution in [2.24, 2.45) is 0 Å². The summed E-state index contributed by atoms with van der Waals surface area (Å²) in [4.78, 5) is 12.3. The summed E-state index contributed by atoms with van der Waals surface area (Å²) < 4.78 is 11.3. The van der Waals surface area contributed by atoms with Gasteiger partial charge in [0.2, 0.25) is 5.91 Å². The maximum atomic E-state index is 12.3. The van der Waals surface area contributed by atoms with Crippen LogP contribution in [0.25, 0.3) is 21.9 Å². The summed E-state index contributed by atoms with van der Waals surface area (Å²) in [6, 6.07) is 11.3. The molecule has 0 bridgehead atoms. The first-order valence-corrected chi connectivity index (χ1v) is 8.17. The highest BCUT2D eigenvalue weighted by molar-refractivity contribution is 6.08. The number of hydrogen-bond donors (Lipinski definition) is 2. The number of carbonyl (C=O) groups excluding carboxylic acids is 1.